The molecule has 1 aliphatic heterocycles. The van der Waals surface area contributed by atoms with Crippen LogP contribution in [0.4, 0.5) is 0 Å². The van der Waals surface area contributed by atoms with Gasteiger partial charge in [0.15, 0.2) is 0 Å². The van der Waals surface area contributed by atoms with Crippen LogP contribution in [-0.2, 0) is 4.79 Å². The van der Waals surface area contributed by atoms with Gasteiger partial charge in [0.1, 0.15) is 0 Å². The van der Waals surface area contributed by atoms with Crippen LogP contribution in [0.25, 0.3) is 0 Å². The summed E-state index contributed by atoms with van der Waals surface area (Å²) in [5, 5.41) is 11.9. The van der Waals surface area contributed by atoms with Crippen LogP contribution in [0.3, 0.4) is 0 Å². The highest BCUT2D eigenvalue weighted by Gasteiger charge is 2.22. The van der Waals surface area contributed by atoms with Crippen LogP contribution in [0.5, 0.6) is 0 Å². The minimum atomic E-state index is 0.187. The number of nitrogens with one attached hydrogen (secondary N) is 1. The third-order valence-corrected chi connectivity index (χ3v) is 3.27. The van der Waals surface area contributed by atoms with E-state index in [9.17, 15) is 4.79 Å². The lowest BCUT2D eigenvalue weighted by molar-refractivity contribution is -0.134. The molecule has 4 heteroatoms. The lowest BCUT2D eigenvalue weighted by Gasteiger charge is -2.29. The summed E-state index contributed by atoms with van der Waals surface area (Å²) in [6.45, 7) is 6.61. The van der Waals surface area contributed by atoms with E-state index in [-0.39, 0.29) is 11.9 Å². The zero-order valence-electron chi connectivity index (χ0n) is 10.9. The summed E-state index contributed by atoms with van der Waals surface area (Å²) < 4.78 is 0. The Bertz CT molecular complexity index is 277. The van der Waals surface area contributed by atoms with E-state index in [1.165, 1.54) is 0 Å². The zero-order chi connectivity index (χ0) is 12.7. The smallest absolute Gasteiger partial charge is 0.223 e. The lowest BCUT2D eigenvalue weighted by atomic mass is 9.95. The highest BCUT2D eigenvalue weighted by atomic mass is 16.2. The number of amides is 1. The number of carbonyl (C=O) groups excluding carboxylic acids is 1. The van der Waals surface area contributed by atoms with Crippen molar-refractivity contribution in [2.45, 2.75) is 45.6 Å². The predicted octanol–water partition coefficient (Wildman–Crippen LogP) is 1.53. The summed E-state index contributed by atoms with van der Waals surface area (Å²) in [6, 6.07) is 2.29. The van der Waals surface area contributed by atoms with E-state index >= 15 is 0 Å². The fraction of sp³-hybridized carbons (Fsp3) is 0.846. The van der Waals surface area contributed by atoms with Gasteiger partial charge in [-0.2, -0.15) is 5.26 Å². The second-order valence-corrected chi connectivity index (χ2v) is 5.01. The molecule has 0 aromatic heterocycles. The van der Waals surface area contributed by atoms with E-state index in [4.69, 9.17) is 5.26 Å². The van der Waals surface area contributed by atoms with Crippen molar-refractivity contribution in [2.75, 3.05) is 19.6 Å². The van der Waals surface area contributed by atoms with Gasteiger partial charge in [0, 0.05) is 19.0 Å². The van der Waals surface area contributed by atoms with Crippen LogP contribution in [0.2, 0.25) is 0 Å². The fourth-order valence-electron chi connectivity index (χ4n) is 2.30. The standard InChI is InChI=1S/C13H23N3O/c1-11(2)16(8-4-6-14)13(17)9-12-5-3-7-15-10-12/h11-12,15H,3-5,7-10H2,1-2H3. The maximum Gasteiger partial charge on any atom is 0.223 e. The Morgan fingerprint density at radius 2 is 2.35 bits per heavy atom. The molecule has 1 heterocycles. The quantitative estimate of drug-likeness (QED) is 0.789. The van der Waals surface area contributed by atoms with Crippen LogP contribution in [0.1, 0.15) is 39.5 Å². The number of carbonyl (C=O) groups is 1. The molecule has 1 atom stereocenters. The molecule has 1 N–H and O–H groups in total. The van der Waals surface area contributed by atoms with E-state index in [1.807, 2.05) is 18.7 Å². The van der Waals surface area contributed by atoms with Gasteiger partial charge in [-0.05, 0) is 45.7 Å². The molecule has 0 aromatic carbocycles. The van der Waals surface area contributed by atoms with Crippen molar-refractivity contribution in [3.63, 3.8) is 0 Å². The lowest BCUT2D eigenvalue weighted by Crippen LogP contribution is -2.40. The molecule has 1 aliphatic rings. The SMILES string of the molecule is CC(C)N(CCC#N)C(=O)CC1CCCNC1. The third-order valence-electron chi connectivity index (χ3n) is 3.27. The predicted molar refractivity (Wildman–Crippen MR) is 67.3 cm³/mol. The van der Waals surface area contributed by atoms with Gasteiger partial charge >= 0.3 is 0 Å². The number of rotatable bonds is 5. The summed E-state index contributed by atoms with van der Waals surface area (Å²) in [5.74, 6) is 0.670. The molecule has 0 aromatic rings. The van der Waals surface area contributed by atoms with Crippen LogP contribution in [0.15, 0.2) is 0 Å². The van der Waals surface area contributed by atoms with Crippen molar-refractivity contribution in [3.8, 4) is 6.07 Å². The fourth-order valence-corrected chi connectivity index (χ4v) is 2.30. The Kier molecular flexibility index (Phi) is 5.99. The summed E-state index contributed by atoms with van der Waals surface area (Å²) in [7, 11) is 0. The Balaban J connectivity index is 2.43. The summed E-state index contributed by atoms with van der Waals surface area (Å²) in [6.07, 6.45) is 3.35. The van der Waals surface area contributed by atoms with Gasteiger partial charge in [0.05, 0.1) is 12.5 Å². The minimum absolute atomic E-state index is 0.187. The number of nitrogens with zero attached hydrogens (tertiary/aromatic N) is 2. The molecule has 0 saturated carbocycles. The molecular formula is C13H23N3O. The Hall–Kier alpha value is -1.08. The molecule has 0 spiro atoms. The van der Waals surface area contributed by atoms with E-state index in [0.29, 0.717) is 25.3 Å². The van der Waals surface area contributed by atoms with Crippen LogP contribution in [-0.4, -0.2) is 36.5 Å². The van der Waals surface area contributed by atoms with Crippen LogP contribution >= 0.6 is 0 Å². The summed E-state index contributed by atoms with van der Waals surface area (Å²) in [5.41, 5.74) is 0. The first-order valence-corrected chi connectivity index (χ1v) is 6.52. The Morgan fingerprint density at radius 1 is 1.59 bits per heavy atom. The number of nitriles is 1. The highest BCUT2D eigenvalue weighted by Crippen LogP contribution is 2.16. The van der Waals surface area contributed by atoms with Gasteiger partial charge in [0.2, 0.25) is 5.91 Å². The average Bonchev–Trinajstić information content (AvgIpc) is 2.30. The van der Waals surface area contributed by atoms with Crippen molar-refractivity contribution < 1.29 is 4.79 Å². The summed E-state index contributed by atoms with van der Waals surface area (Å²) in [4.78, 5) is 14.0. The van der Waals surface area contributed by atoms with Gasteiger partial charge in [-0.25, -0.2) is 0 Å². The molecule has 0 radical (unpaired) electrons. The highest BCUT2D eigenvalue weighted by molar-refractivity contribution is 5.76. The maximum absolute atomic E-state index is 12.1. The van der Waals surface area contributed by atoms with Crippen LogP contribution in [0, 0.1) is 17.2 Å². The van der Waals surface area contributed by atoms with Gasteiger partial charge < -0.3 is 10.2 Å². The molecular weight excluding hydrogens is 214 g/mol. The van der Waals surface area contributed by atoms with Gasteiger partial charge in [0.25, 0.3) is 0 Å². The monoisotopic (exact) mass is 237 g/mol. The van der Waals surface area contributed by atoms with Crippen molar-refractivity contribution in [2.24, 2.45) is 5.92 Å². The van der Waals surface area contributed by atoms with Crippen LogP contribution < -0.4 is 5.32 Å². The first-order chi connectivity index (χ1) is 8.15. The molecule has 1 amide bonds. The van der Waals surface area contributed by atoms with E-state index in [1.54, 1.807) is 0 Å². The third kappa shape index (κ3) is 4.74. The molecule has 1 fully saturated rings. The van der Waals surface area contributed by atoms with Gasteiger partial charge in [-0.3, -0.25) is 4.79 Å². The van der Waals surface area contributed by atoms with Gasteiger partial charge in [-0.1, -0.05) is 0 Å². The second kappa shape index (κ2) is 7.29. The summed E-state index contributed by atoms with van der Waals surface area (Å²) >= 11 is 0. The van der Waals surface area contributed by atoms with E-state index < -0.39 is 0 Å². The zero-order valence-corrected chi connectivity index (χ0v) is 10.9. The van der Waals surface area contributed by atoms with E-state index in [0.717, 1.165) is 25.9 Å². The second-order valence-electron chi connectivity index (χ2n) is 5.01. The number of hydrogen-bond acceptors (Lipinski definition) is 3. The molecule has 0 bridgehead atoms. The Morgan fingerprint density at radius 3 is 2.88 bits per heavy atom. The minimum Gasteiger partial charge on any atom is -0.339 e. The molecule has 1 unspecified atom stereocenters. The van der Waals surface area contributed by atoms with E-state index in [2.05, 4.69) is 11.4 Å². The van der Waals surface area contributed by atoms with Gasteiger partial charge in [-0.15, -0.1) is 0 Å². The van der Waals surface area contributed by atoms with Crippen molar-refractivity contribution in [1.82, 2.24) is 10.2 Å². The maximum atomic E-state index is 12.1. The number of hydrogen-bond donors (Lipinski definition) is 1. The molecule has 1 rings (SSSR count). The molecule has 17 heavy (non-hydrogen) atoms. The first kappa shape index (κ1) is 14.0. The molecule has 4 nitrogen and oxygen atoms in total. The largest absolute Gasteiger partial charge is 0.339 e. The molecule has 96 valence electrons. The molecule has 0 aliphatic carbocycles. The Labute approximate surface area is 104 Å². The van der Waals surface area contributed by atoms with Crippen molar-refractivity contribution >= 4 is 5.91 Å². The van der Waals surface area contributed by atoms with Crippen molar-refractivity contribution in [3.05, 3.63) is 0 Å². The van der Waals surface area contributed by atoms with Crippen molar-refractivity contribution in [1.29, 1.82) is 5.26 Å². The first-order valence-electron chi connectivity index (χ1n) is 6.52. The topological polar surface area (TPSA) is 56.1 Å². The molecule has 1 saturated heterocycles. The normalized spacial score (nSPS) is 20.0. The number of piperidine rings is 1. The average molecular weight is 237 g/mol.